The van der Waals surface area contributed by atoms with E-state index in [4.69, 9.17) is 0 Å². The van der Waals surface area contributed by atoms with Gasteiger partial charge in [-0.3, -0.25) is 4.79 Å². The van der Waals surface area contributed by atoms with E-state index in [1.165, 1.54) is 77.3 Å². The average molecular weight is 345 g/mol. The molecule has 4 saturated carbocycles. The summed E-state index contributed by atoms with van der Waals surface area (Å²) in [5.74, 6) is 1.37. The molecule has 6 fully saturated rings. The Bertz CT molecular complexity index is 551. The zero-order valence-electron chi connectivity index (χ0n) is 16.3. The van der Waals surface area contributed by atoms with E-state index in [0.29, 0.717) is 22.2 Å². The van der Waals surface area contributed by atoms with E-state index >= 15 is 0 Å². The van der Waals surface area contributed by atoms with Gasteiger partial charge in [-0.25, -0.2) is 0 Å². The number of hydrogen-bond donors (Lipinski definition) is 1. The summed E-state index contributed by atoms with van der Waals surface area (Å²) in [6.45, 7) is 9.37. The molecule has 0 aromatic carbocycles. The number of hydrogen-bond acceptors (Lipinski definition) is 2. The average Bonchev–Trinajstić information content (AvgIpc) is 2.52. The molecule has 2 atom stereocenters. The van der Waals surface area contributed by atoms with Crippen LogP contribution in [0, 0.1) is 27.6 Å². The van der Waals surface area contributed by atoms with E-state index in [2.05, 4.69) is 24.1 Å². The molecule has 25 heavy (non-hydrogen) atoms. The molecule has 140 valence electrons. The van der Waals surface area contributed by atoms with Crippen LogP contribution in [0.1, 0.15) is 78.1 Å². The third-order valence-corrected chi connectivity index (χ3v) is 8.86. The molecule has 1 spiro atoms. The van der Waals surface area contributed by atoms with Crippen molar-refractivity contribution in [3.63, 3.8) is 0 Å². The van der Waals surface area contributed by atoms with Crippen LogP contribution in [0.5, 0.6) is 0 Å². The highest BCUT2D eigenvalue weighted by Gasteiger charge is 2.63. The highest BCUT2D eigenvalue weighted by Crippen LogP contribution is 2.70. The minimum absolute atomic E-state index is 0.00153. The van der Waals surface area contributed by atoms with E-state index in [1.54, 1.807) is 0 Å². The van der Waals surface area contributed by atoms with Gasteiger partial charge >= 0.3 is 0 Å². The molecular weight excluding hydrogens is 308 g/mol. The highest BCUT2D eigenvalue weighted by atomic mass is 16.2. The fourth-order valence-electron chi connectivity index (χ4n) is 8.66. The topological polar surface area (TPSA) is 32.3 Å². The van der Waals surface area contributed by atoms with Gasteiger partial charge in [0.25, 0.3) is 0 Å². The molecule has 6 rings (SSSR count). The highest BCUT2D eigenvalue weighted by molar-refractivity contribution is 5.83. The number of piperidine rings is 2. The number of carbonyl (C=O) groups is 1. The van der Waals surface area contributed by atoms with E-state index in [1.807, 2.05) is 0 Å². The Balaban J connectivity index is 1.33. The predicted octanol–water partition coefficient (Wildman–Crippen LogP) is 3.98. The fourth-order valence-corrected chi connectivity index (χ4v) is 8.66. The van der Waals surface area contributed by atoms with Gasteiger partial charge in [-0.05, 0) is 99.5 Å². The molecular formula is C22H36N2O. The summed E-state index contributed by atoms with van der Waals surface area (Å²) < 4.78 is 0. The second kappa shape index (κ2) is 5.24. The van der Waals surface area contributed by atoms with Gasteiger partial charge in [-0.15, -0.1) is 0 Å². The molecule has 2 saturated heterocycles. The monoisotopic (exact) mass is 344 g/mol. The lowest BCUT2D eigenvalue weighted by atomic mass is 9.40. The SMILES string of the molecule is CC12CC3CC(C)(C1)CC(C(=O)N1CCC4(CCNCC4)CC1)(C3)C2. The second-order valence-electron chi connectivity index (χ2n) is 11.5. The van der Waals surface area contributed by atoms with Gasteiger partial charge in [-0.2, -0.15) is 0 Å². The minimum Gasteiger partial charge on any atom is -0.342 e. The summed E-state index contributed by atoms with van der Waals surface area (Å²) in [4.78, 5) is 16.0. The number of nitrogens with zero attached hydrogens (tertiary/aromatic N) is 1. The molecule has 1 N–H and O–H groups in total. The smallest absolute Gasteiger partial charge is 0.228 e. The van der Waals surface area contributed by atoms with Gasteiger partial charge in [0.15, 0.2) is 0 Å². The first-order valence-corrected chi connectivity index (χ1v) is 10.8. The Morgan fingerprint density at radius 3 is 2.04 bits per heavy atom. The number of carbonyl (C=O) groups excluding carboxylic acids is 1. The van der Waals surface area contributed by atoms with Crippen LogP contribution in [0.4, 0.5) is 0 Å². The summed E-state index contributed by atoms with van der Waals surface area (Å²) in [6, 6.07) is 0. The Kier molecular flexibility index (Phi) is 3.48. The molecule has 1 amide bonds. The zero-order chi connectivity index (χ0) is 17.3. The molecule has 0 aromatic heterocycles. The van der Waals surface area contributed by atoms with Crippen molar-refractivity contribution in [1.29, 1.82) is 0 Å². The summed E-state index contributed by atoms with van der Waals surface area (Å²) >= 11 is 0. The predicted molar refractivity (Wildman–Crippen MR) is 100 cm³/mol. The summed E-state index contributed by atoms with van der Waals surface area (Å²) in [5, 5.41) is 3.51. The van der Waals surface area contributed by atoms with E-state index in [9.17, 15) is 4.79 Å². The molecule has 3 heteroatoms. The lowest BCUT2D eigenvalue weighted by Gasteiger charge is -2.65. The van der Waals surface area contributed by atoms with Crippen LogP contribution in [-0.4, -0.2) is 37.0 Å². The summed E-state index contributed by atoms with van der Waals surface area (Å²) in [6.07, 6.45) is 12.8. The van der Waals surface area contributed by atoms with Gasteiger partial charge in [-0.1, -0.05) is 13.8 Å². The van der Waals surface area contributed by atoms with Crippen LogP contribution >= 0.6 is 0 Å². The Morgan fingerprint density at radius 1 is 0.880 bits per heavy atom. The van der Waals surface area contributed by atoms with E-state index in [0.717, 1.165) is 19.0 Å². The van der Waals surface area contributed by atoms with Crippen molar-refractivity contribution in [3.05, 3.63) is 0 Å². The number of nitrogens with one attached hydrogen (secondary N) is 1. The van der Waals surface area contributed by atoms with Gasteiger partial charge in [0, 0.05) is 13.1 Å². The van der Waals surface area contributed by atoms with Crippen LogP contribution < -0.4 is 5.32 Å². The van der Waals surface area contributed by atoms with Gasteiger partial charge in [0.05, 0.1) is 5.41 Å². The van der Waals surface area contributed by atoms with Gasteiger partial charge in [0.1, 0.15) is 0 Å². The van der Waals surface area contributed by atoms with Crippen molar-refractivity contribution in [1.82, 2.24) is 10.2 Å². The zero-order valence-corrected chi connectivity index (χ0v) is 16.3. The molecule has 0 aromatic rings. The fraction of sp³-hybridized carbons (Fsp3) is 0.955. The standard InChI is InChI=1S/C22H36N2O/c1-19-11-17-12-20(2,14-19)16-22(13-17,15-19)18(25)24-9-5-21(6-10-24)3-7-23-8-4-21/h17,23H,3-16H2,1-2H3. The van der Waals surface area contributed by atoms with E-state index in [-0.39, 0.29) is 5.41 Å². The number of rotatable bonds is 1. The van der Waals surface area contributed by atoms with Crippen LogP contribution in [0.3, 0.4) is 0 Å². The quantitative estimate of drug-likeness (QED) is 0.780. The van der Waals surface area contributed by atoms with Crippen molar-refractivity contribution < 1.29 is 4.79 Å². The lowest BCUT2D eigenvalue weighted by molar-refractivity contribution is -0.181. The van der Waals surface area contributed by atoms with Crippen molar-refractivity contribution in [2.75, 3.05) is 26.2 Å². The summed E-state index contributed by atoms with van der Waals surface area (Å²) in [5.41, 5.74) is 1.43. The van der Waals surface area contributed by atoms with Crippen molar-refractivity contribution in [2.45, 2.75) is 78.1 Å². The van der Waals surface area contributed by atoms with Gasteiger partial charge < -0.3 is 10.2 Å². The van der Waals surface area contributed by atoms with Gasteiger partial charge in [0.2, 0.25) is 5.91 Å². The number of amides is 1. The Labute approximate surface area is 153 Å². The van der Waals surface area contributed by atoms with Crippen LogP contribution in [-0.2, 0) is 4.79 Å². The van der Waals surface area contributed by atoms with Crippen LogP contribution in [0.2, 0.25) is 0 Å². The first-order valence-electron chi connectivity index (χ1n) is 10.8. The first kappa shape index (κ1) is 16.6. The van der Waals surface area contributed by atoms with Crippen molar-refractivity contribution >= 4 is 5.91 Å². The maximum absolute atomic E-state index is 13.7. The maximum Gasteiger partial charge on any atom is 0.228 e. The molecule has 4 aliphatic carbocycles. The van der Waals surface area contributed by atoms with E-state index < -0.39 is 0 Å². The molecule has 4 bridgehead atoms. The lowest BCUT2D eigenvalue weighted by Crippen LogP contribution is -2.61. The van der Waals surface area contributed by atoms with Crippen molar-refractivity contribution in [2.24, 2.45) is 27.6 Å². The second-order valence-corrected chi connectivity index (χ2v) is 11.5. The first-order chi connectivity index (χ1) is 11.8. The van der Waals surface area contributed by atoms with Crippen LogP contribution in [0.15, 0.2) is 0 Å². The molecule has 3 nitrogen and oxygen atoms in total. The van der Waals surface area contributed by atoms with Crippen molar-refractivity contribution in [3.8, 4) is 0 Å². The Hall–Kier alpha value is -0.570. The number of likely N-dealkylation sites (tertiary alicyclic amines) is 1. The Morgan fingerprint density at radius 2 is 1.48 bits per heavy atom. The third-order valence-electron chi connectivity index (χ3n) is 8.86. The molecule has 2 unspecified atom stereocenters. The third kappa shape index (κ3) is 2.59. The van der Waals surface area contributed by atoms with Crippen LogP contribution in [0.25, 0.3) is 0 Å². The normalized spacial score (nSPS) is 48.1. The molecule has 6 aliphatic rings. The molecule has 2 heterocycles. The minimum atomic E-state index is 0.00153. The maximum atomic E-state index is 13.7. The molecule has 0 radical (unpaired) electrons. The summed E-state index contributed by atoms with van der Waals surface area (Å²) in [7, 11) is 0. The largest absolute Gasteiger partial charge is 0.342 e. The molecule has 2 aliphatic heterocycles.